The van der Waals surface area contributed by atoms with Crippen LogP contribution in [-0.4, -0.2) is 36.2 Å². The van der Waals surface area contributed by atoms with E-state index < -0.39 is 23.5 Å². The van der Waals surface area contributed by atoms with Gasteiger partial charge in [-0.1, -0.05) is 24.3 Å². The van der Waals surface area contributed by atoms with Gasteiger partial charge in [-0.15, -0.1) is 0 Å². The van der Waals surface area contributed by atoms with Gasteiger partial charge in [0.05, 0.1) is 24.8 Å². The van der Waals surface area contributed by atoms with Crippen LogP contribution in [0, 0.1) is 6.92 Å². The normalized spacial score (nSPS) is 11.5. The van der Waals surface area contributed by atoms with Crippen LogP contribution in [-0.2, 0) is 11.3 Å². The highest BCUT2D eigenvalue weighted by molar-refractivity contribution is 6.11. The number of aryl methyl sites for hydroxylation is 1. The molecule has 0 aliphatic heterocycles. The zero-order chi connectivity index (χ0) is 21.2. The van der Waals surface area contributed by atoms with Crippen LogP contribution in [0.4, 0.5) is 13.2 Å². The summed E-state index contributed by atoms with van der Waals surface area (Å²) < 4.78 is 50.8. The number of hydrogen-bond acceptors (Lipinski definition) is 4. The lowest BCUT2D eigenvalue weighted by Gasteiger charge is -2.10. The van der Waals surface area contributed by atoms with Crippen molar-refractivity contribution in [1.29, 1.82) is 0 Å². The highest BCUT2D eigenvalue weighted by atomic mass is 19.4. The van der Waals surface area contributed by atoms with Crippen LogP contribution in [0.5, 0.6) is 5.75 Å². The highest BCUT2D eigenvalue weighted by Gasteiger charge is 2.40. The Morgan fingerprint density at radius 1 is 1.10 bits per heavy atom. The first-order valence-electron chi connectivity index (χ1n) is 8.73. The lowest BCUT2D eigenvalue weighted by atomic mass is 10.1. The number of benzene rings is 2. The number of para-hydroxylation sites is 1. The van der Waals surface area contributed by atoms with Gasteiger partial charge in [-0.25, -0.2) is 4.79 Å². The maximum atomic E-state index is 13.0. The fraction of sp³-hybridized carbons (Fsp3) is 0.238. The predicted octanol–water partition coefficient (Wildman–Crippen LogP) is 4.56. The van der Waals surface area contributed by atoms with E-state index in [0.717, 1.165) is 11.8 Å². The smallest absolute Gasteiger partial charge is 0.454 e. The number of Topliss-reactive ketones (excluding diaryl/α,β-unsaturated/α-hetero) is 1. The molecule has 0 spiro atoms. The van der Waals surface area contributed by atoms with E-state index in [9.17, 15) is 22.8 Å². The average Bonchev–Trinajstić information content (AvgIpc) is 3.05. The van der Waals surface area contributed by atoms with Crippen molar-refractivity contribution in [2.45, 2.75) is 19.6 Å². The predicted molar refractivity (Wildman–Crippen MR) is 100 cm³/mol. The van der Waals surface area contributed by atoms with Crippen LogP contribution < -0.4 is 4.74 Å². The number of ketones is 1. The fourth-order valence-corrected chi connectivity index (χ4v) is 3.03. The third kappa shape index (κ3) is 4.26. The number of methoxy groups -OCH3 is 1. The number of halogens is 3. The van der Waals surface area contributed by atoms with Gasteiger partial charge < -0.3 is 14.0 Å². The summed E-state index contributed by atoms with van der Waals surface area (Å²) in [7, 11) is 1.21. The molecule has 0 amide bonds. The summed E-state index contributed by atoms with van der Waals surface area (Å²) in [5.41, 5.74) is 0.935. The third-order valence-corrected chi connectivity index (χ3v) is 4.49. The maximum absolute atomic E-state index is 13.0. The van der Waals surface area contributed by atoms with Crippen molar-refractivity contribution in [3.63, 3.8) is 0 Å². The molecule has 0 N–H and O–H groups in total. The van der Waals surface area contributed by atoms with E-state index in [4.69, 9.17) is 4.74 Å². The molecule has 5 nitrogen and oxygen atoms in total. The molecule has 0 radical (unpaired) electrons. The van der Waals surface area contributed by atoms with Crippen LogP contribution in [0.3, 0.4) is 0 Å². The highest BCUT2D eigenvalue weighted by Crippen LogP contribution is 2.29. The molecule has 0 fully saturated rings. The number of esters is 1. The Labute approximate surface area is 164 Å². The number of alkyl halides is 3. The summed E-state index contributed by atoms with van der Waals surface area (Å²) in [5, 5.41) is 0.107. The number of nitrogens with zero attached hydrogens (tertiary/aromatic N) is 1. The Balaban J connectivity index is 1.96. The molecule has 0 saturated carbocycles. The van der Waals surface area contributed by atoms with Crippen molar-refractivity contribution in [1.82, 2.24) is 4.57 Å². The molecule has 0 bridgehead atoms. The van der Waals surface area contributed by atoms with Crippen LogP contribution in [0.1, 0.15) is 26.3 Å². The molecule has 3 aromatic rings. The van der Waals surface area contributed by atoms with Gasteiger partial charge in [0.1, 0.15) is 12.4 Å². The lowest BCUT2D eigenvalue weighted by molar-refractivity contribution is -0.0884. The summed E-state index contributed by atoms with van der Waals surface area (Å²) in [6.07, 6.45) is -3.86. The van der Waals surface area contributed by atoms with Crippen molar-refractivity contribution >= 4 is 22.7 Å². The lowest BCUT2D eigenvalue weighted by Crippen LogP contribution is -2.22. The molecular formula is C21H18F3NO4. The van der Waals surface area contributed by atoms with Gasteiger partial charge in [-0.2, -0.15) is 13.2 Å². The number of hydrogen-bond donors (Lipinski definition) is 0. The summed E-state index contributed by atoms with van der Waals surface area (Å²) >= 11 is 0. The van der Waals surface area contributed by atoms with Gasteiger partial charge in [0.15, 0.2) is 0 Å². The molecule has 2 aromatic carbocycles. The van der Waals surface area contributed by atoms with Crippen LogP contribution >= 0.6 is 0 Å². The molecule has 0 saturated heterocycles. The number of fused-ring (bicyclic) bond motifs is 1. The van der Waals surface area contributed by atoms with Crippen molar-refractivity contribution in [2.24, 2.45) is 0 Å². The second kappa shape index (κ2) is 7.98. The van der Waals surface area contributed by atoms with Crippen molar-refractivity contribution < 1.29 is 32.2 Å². The topological polar surface area (TPSA) is 57.5 Å². The minimum absolute atomic E-state index is 0.107. The second-order valence-corrected chi connectivity index (χ2v) is 6.40. The van der Waals surface area contributed by atoms with Crippen molar-refractivity contribution in [3.8, 4) is 5.75 Å². The van der Waals surface area contributed by atoms with E-state index in [1.54, 1.807) is 6.07 Å². The number of ether oxygens (including phenoxy) is 2. The minimum Gasteiger partial charge on any atom is -0.491 e. The van der Waals surface area contributed by atoms with Gasteiger partial charge in [0.25, 0.3) is 5.78 Å². The Hall–Kier alpha value is -3.29. The summed E-state index contributed by atoms with van der Waals surface area (Å²) in [6, 6.07) is 11.4. The summed E-state index contributed by atoms with van der Waals surface area (Å²) in [5.74, 6) is -1.91. The largest absolute Gasteiger partial charge is 0.491 e. The van der Waals surface area contributed by atoms with Gasteiger partial charge in [0, 0.05) is 17.1 Å². The van der Waals surface area contributed by atoms with Crippen molar-refractivity contribution in [2.75, 3.05) is 13.7 Å². The zero-order valence-electron chi connectivity index (χ0n) is 15.7. The number of carbonyl (C=O) groups is 2. The molecule has 0 aliphatic rings. The van der Waals surface area contributed by atoms with E-state index in [-0.39, 0.29) is 24.1 Å². The van der Waals surface area contributed by atoms with E-state index in [1.165, 1.54) is 29.9 Å². The van der Waals surface area contributed by atoms with E-state index in [2.05, 4.69) is 4.74 Å². The first-order chi connectivity index (χ1) is 13.7. The number of carbonyl (C=O) groups excluding carboxylic acids is 2. The SMILES string of the molecule is COC(=O)c1ccc2c(C(=O)C(F)(F)F)cn(CCOc3ccccc3C)c2c1. The first kappa shape index (κ1) is 20.4. The maximum Gasteiger partial charge on any atom is 0.454 e. The molecule has 0 atom stereocenters. The Kier molecular flexibility index (Phi) is 5.63. The minimum atomic E-state index is -5.00. The third-order valence-electron chi connectivity index (χ3n) is 4.49. The van der Waals surface area contributed by atoms with E-state index in [1.807, 2.05) is 25.1 Å². The van der Waals surface area contributed by atoms with Gasteiger partial charge in [0.2, 0.25) is 0 Å². The van der Waals surface area contributed by atoms with Crippen molar-refractivity contribution in [3.05, 3.63) is 65.4 Å². The van der Waals surface area contributed by atoms with Crippen LogP contribution in [0.25, 0.3) is 10.9 Å². The first-order valence-corrected chi connectivity index (χ1v) is 8.73. The van der Waals surface area contributed by atoms with Gasteiger partial charge in [-0.05, 0) is 30.7 Å². The van der Waals surface area contributed by atoms with Gasteiger partial charge >= 0.3 is 12.1 Å². The molecule has 152 valence electrons. The Bertz CT molecular complexity index is 1070. The molecular weight excluding hydrogens is 387 g/mol. The average molecular weight is 405 g/mol. The molecule has 1 heterocycles. The quantitative estimate of drug-likeness (QED) is 0.446. The number of rotatable bonds is 6. The Morgan fingerprint density at radius 3 is 2.48 bits per heavy atom. The van der Waals surface area contributed by atoms with E-state index in [0.29, 0.717) is 11.3 Å². The molecule has 0 unspecified atom stereocenters. The fourth-order valence-electron chi connectivity index (χ4n) is 3.03. The number of aromatic nitrogens is 1. The second-order valence-electron chi connectivity index (χ2n) is 6.40. The molecule has 8 heteroatoms. The molecule has 29 heavy (non-hydrogen) atoms. The van der Waals surface area contributed by atoms with Gasteiger partial charge in [-0.3, -0.25) is 4.79 Å². The summed E-state index contributed by atoms with van der Waals surface area (Å²) in [4.78, 5) is 23.6. The van der Waals surface area contributed by atoms with E-state index >= 15 is 0 Å². The molecule has 0 aliphatic carbocycles. The standard InChI is InChI=1S/C21H18F3NO4/c1-13-5-3-4-6-18(13)29-10-9-25-12-16(19(26)21(22,23)24)15-8-7-14(11-17(15)25)20(27)28-2/h3-8,11-12H,9-10H2,1-2H3. The Morgan fingerprint density at radius 2 is 1.83 bits per heavy atom. The summed E-state index contributed by atoms with van der Waals surface area (Å²) in [6.45, 7) is 2.22. The van der Waals surface area contributed by atoms with Crippen LogP contribution in [0.2, 0.25) is 0 Å². The zero-order valence-corrected chi connectivity index (χ0v) is 15.7. The molecule has 3 rings (SSSR count). The molecule has 1 aromatic heterocycles. The van der Waals surface area contributed by atoms with Crippen LogP contribution in [0.15, 0.2) is 48.7 Å². The monoisotopic (exact) mass is 405 g/mol.